The number of rotatable bonds is 9. The number of anilines is 2. The van der Waals surface area contributed by atoms with Gasteiger partial charge in [0.1, 0.15) is 11.4 Å². The van der Waals surface area contributed by atoms with E-state index in [1.54, 1.807) is 34.9 Å². The van der Waals surface area contributed by atoms with E-state index in [0.29, 0.717) is 42.2 Å². The van der Waals surface area contributed by atoms with E-state index >= 15 is 0 Å². The maximum absolute atomic E-state index is 13.4. The molecule has 2 N–H and O–H groups in total. The van der Waals surface area contributed by atoms with E-state index in [-0.39, 0.29) is 35.1 Å². The van der Waals surface area contributed by atoms with Crippen LogP contribution in [-0.2, 0) is 11.8 Å². The molecule has 0 bridgehead atoms. The molecule has 2 aromatic carbocycles. The molecule has 4 aliphatic rings. The van der Waals surface area contributed by atoms with Crippen LogP contribution in [0.25, 0.3) is 21.8 Å². The number of carbonyl (C=O) groups excluding carboxylic acids is 3. The highest BCUT2D eigenvalue weighted by molar-refractivity contribution is 6.08. The number of imide groups is 1. The number of methoxy groups -OCH3 is 1. The molecular weight excluding hydrogens is 697 g/mol. The Bertz CT molecular complexity index is 2360. The number of carbonyl (C=O) groups is 3. The van der Waals surface area contributed by atoms with Gasteiger partial charge >= 0.3 is 6.03 Å². The fourth-order valence-electron chi connectivity index (χ4n) is 9.12. The van der Waals surface area contributed by atoms with Crippen molar-refractivity contribution in [3.05, 3.63) is 82.5 Å². The first-order valence-corrected chi connectivity index (χ1v) is 19.7. The van der Waals surface area contributed by atoms with Gasteiger partial charge in [-0.3, -0.25) is 29.3 Å². The highest BCUT2D eigenvalue weighted by atomic mass is 16.5. The van der Waals surface area contributed by atoms with Crippen molar-refractivity contribution in [1.29, 1.82) is 0 Å². The molecule has 4 amide bonds. The summed E-state index contributed by atoms with van der Waals surface area (Å²) in [6.45, 7) is 3.70. The van der Waals surface area contributed by atoms with Crippen LogP contribution in [0.1, 0.15) is 91.8 Å². The van der Waals surface area contributed by atoms with Gasteiger partial charge in [0, 0.05) is 79.1 Å². The van der Waals surface area contributed by atoms with Gasteiger partial charge in [-0.1, -0.05) is 6.07 Å². The number of hydrogen-bond acceptors (Lipinski definition) is 7. The van der Waals surface area contributed by atoms with Crippen LogP contribution in [0.5, 0.6) is 5.75 Å². The van der Waals surface area contributed by atoms with Gasteiger partial charge in [-0.2, -0.15) is 5.10 Å². The van der Waals surface area contributed by atoms with Crippen LogP contribution in [0.3, 0.4) is 0 Å². The second-order valence-corrected chi connectivity index (χ2v) is 15.9. The average molecular weight is 745 g/mol. The number of fused-ring (bicyclic) bond motifs is 2. The zero-order chi connectivity index (χ0) is 37.8. The fourth-order valence-corrected chi connectivity index (χ4v) is 9.12. The summed E-state index contributed by atoms with van der Waals surface area (Å²) in [5.74, 6) is 0.980. The predicted octanol–water partition coefficient (Wildman–Crippen LogP) is 6.34. The summed E-state index contributed by atoms with van der Waals surface area (Å²) in [7, 11) is 3.67. The molecule has 4 fully saturated rings. The van der Waals surface area contributed by atoms with Crippen LogP contribution in [-0.4, -0.2) is 74.9 Å². The molecule has 0 unspecified atom stereocenters. The maximum atomic E-state index is 13.4. The van der Waals surface area contributed by atoms with Crippen molar-refractivity contribution in [2.75, 3.05) is 43.5 Å². The average Bonchev–Trinajstić information content (AvgIpc) is 3.87. The lowest BCUT2D eigenvalue weighted by Crippen LogP contribution is -2.49. The smallest absolute Gasteiger partial charge is 0.328 e. The van der Waals surface area contributed by atoms with Crippen LogP contribution in [0.2, 0.25) is 0 Å². The van der Waals surface area contributed by atoms with E-state index in [0.717, 1.165) is 93.1 Å². The van der Waals surface area contributed by atoms with Gasteiger partial charge in [0.05, 0.1) is 29.7 Å². The Labute approximate surface area is 319 Å². The van der Waals surface area contributed by atoms with Gasteiger partial charge < -0.3 is 24.1 Å². The summed E-state index contributed by atoms with van der Waals surface area (Å²) < 4.78 is 11.7. The number of piperidine rings is 1. The molecular formula is C42H48N8O5. The third kappa shape index (κ3) is 6.90. The molecule has 2 aliphatic carbocycles. The summed E-state index contributed by atoms with van der Waals surface area (Å²) >= 11 is 0. The lowest BCUT2D eigenvalue weighted by atomic mass is 9.85. The Morgan fingerprint density at radius 2 is 1.69 bits per heavy atom. The molecule has 3 aromatic heterocycles. The van der Waals surface area contributed by atoms with Crippen LogP contribution in [0, 0.1) is 5.92 Å². The third-order valence-corrected chi connectivity index (χ3v) is 12.4. The van der Waals surface area contributed by atoms with Crippen LogP contribution in [0.15, 0.2) is 65.7 Å². The summed E-state index contributed by atoms with van der Waals surface area (Å²) in [5, 5.41) is 12.2. The number of nitrogens with one attached hydrogen (secondary N) is 2. The molecule has 55 heavy (non-hydrogen) atoms. The third-order valence-electron chi connectivity index (χ3n) is 12.4. The molecule has 286 valence electrons. The first-order chi connectivity index (χ1) is 26.7. The maximum Gasteiger partial charge on any atom is 0.328 e. The Morgan fingerprint density at radius 1 is 0.909 bits per heavy atom. The first kappa shape index (κ1) is 35.3. The Hall–Kier alpha value is -5.43. The normalized spacial score (nSPS) is 21.3. The van der Waals surface area contributed by atoms with Crippen LogP contribution >= 0.6 is 0 Å². The second-order valence-electron chi connectivity index (χ2n) is 15.9. The lowest BCUT2D eigenvalue weighted by molar-refractivity contribution is -0.120. The van der Waals surface area contributed by atoms with Crippen molar-refractivity contribution in [1.82, 2.24) is 29.1 Å². The number of amides is 4. The Balaban J connectivity index is 0.795. The van der Waals surface area contributed by atoms with Crippen LogP contribution < -0.4 is 25.8 Å². The zero-order valence-electron chi connectivity index (χ0n) is 31.5. The molecule has 2 saturated carbocycles. The van der Waals surface area contributed by atoms with Crippen molar-refractivity contribution >= 4 is 51.0 Å². The zero-order valence-corrected chi connectivity index (χ0v) is 31.5. The molecule has 2 aliphatic heterocycles. The van der Waals surface area contributed by atoms with Gasteiger partial charge in [0.15, 0.2) is 0 Å². The number of benzene rings is 2. The van der Waals surface area contributed by atoms with Gasteiger partial charge in [-0.05, 0) is 107 Å². The number of pyridine rings is 1. The molecule has 0 radical (unpaired) electrons. The van der Waals surface area contributed by atoms with Crippen molar-refractivity contribution < 1.29 is 19.1 Å². The monoisotopic (exact) mass is 744 g/mol. The topological polar surface area (TPSA) is 136 Å². The minimum absolute atomic E-state index is 0.185. The van der Waals surface area contributed by atoms with E-state index in [2.05, 4.69) is 50.0 Å². The number of likely N-dealkylation sites (tertiary alicyclic amines) is 1. The number of ether oxygens (including phenoxy) is 1. The van der Waals surface area contributed by atoms with E-state index in [1.807, 2.05) is 24.4 Å². The highest BCUT2D eigenvalue weighted by Gasteiger charge is 2.30. The SMILES string of the molecule is COc1cc2nn(C3CCC(CN4CCC(c5cc6ccc(N7CCC(=O)NC7=O)cc6n5C)CC4)CC3)cc2cc1C(=O)Nc1cccn(C2CC2)c1=O. The summed E-state index contributed by atoms with van der Waals surface area (Å²) in [6, 6.07) is 15.7. The minimum Gasteiger partial charge on any atom is -0.496 e. The van der Waals surface area contributed by atoms with Gasteiger partial charge in [0.2, 0.25) is 5.91 Å². The Morgan fingerprint density at radius 3 is 2.44 bits per heavy atom. The molecule has 5 aromatic rings. The van der Waals surface area contributed by atoms with Gasteiger partial charge in [-0.25, -0.2) is 4.79 Å². The van der Waals surface area contributed by atoms with E-state index in [1.165, 1.54) is 11.1 Å². The number of urea groups is 1. The summed E-state index contributed by atoms with van der Waals surface area (Å²) in [4.78, 5) is 54.8. The van der Waals surface area contributed by atoms with Crippen molar-refractivity contribution in [2.45, 2.75) is 75.8 Å². The number of nitrogens with zero attached hydrogens (tertiary/aromatic N) is 6. The van der Waals surface area contributed by atoms with E-state index in [9.17, 15) is 19.2 Å². The first-order valence-electron chi connectivity index (χ1n) is 19.7. The largest absolute Gasteiger partial charge is 0.496 e. The lowest BCUT2D eigenvalue weighted by Gasteiger charge is -2.36. The quantitative estimate of drug-likeness (QED) is 0.180. The number of aryl methyl sites for hydroxylation is 1. The molecule has 0 atom stereocenters. The molecule has 13 nitrogen and oxygen atoms in total. The van der Waals surface area contributed by atoms with Crippen molar-refractivity contribution in [2.24, 2.45) is 13.0 Å². The minimum atomic E-state index is -0.377. The number of aromatic nitrogens is 4. The van der Waals surface area contributed by atoms with E-state index < -0.39 is 0 Å². The van der Waals surface area contributed by atoms with E-state index in [4.69, 9.17) is 9.84 Å². The van der Waals surface area contributed by atoms with Crippen molar-refractivity contribution in [3.8, 4) is 5.75 Å². The summed E-state index contributed by atoms with van der Waals surface area (Å²) in [6.07, 6.45) is 12.8. The molecule has 13 heteroatoms. The molecule has 9 rings (SSSR count). The Kier molecular flexibility index (Phi) is 9.19. The van der Waals surface area contributed by atoms with Gasteiger partial charge in [-0.15, -0.1) is 0 Å². The molecule has 0 spiro atoms. The summed E-state index contributed by atoms with van der Waals surface area (Å²) in [5.41, 5.74) is 4.51. The molecule has 2 saturated heterocycles. The second kappa shape index (κ2) is 14.3. The standard InChI is InChI=1S/C42H48N8O5/c1-46-36(21-28-7-10-32(22-37(28)46)49-19-15-39(51)44-42(49)54)27-13-17-47(18-14-27)24-26-5-8-31(9-6-26)50-25-29-20-33(38(55-2)23-35(29)45-50)40(52)43-34-4-3-16-48(41(34)53)30-11-12-30/h3-4,7,10,16,20-23,25-27,30-31H,5-6,8-9,11-15,17-19,24H2,1-2H3,(H,43,52)(H,44,51,54). The molecule has 5 heterocycles. The van der Waals surface area contributed by atoms with Crippen LogP contribution in [0.4, 0.5) is 16.2 Å². The number of hydrogen-bond donors (Lipinski definition) is 2. The highest BCUT2D eigenvalue weighted by Crippen LogP contribution is 2.38. The fraction of sp³-hybridized carbons (Fsp3) is 0.452. The van der Waals surface area contributed by atoms with Gasteiger partial charge in [0.25, 0.3) is 11.5 Å². The predicted molar refractivity (Wildman–Crippen MR) is 211 cm³/mol. The van der Waals surface area contributed by atoms with Crippen molar-refractivity contribution in [3.63, 3.8) is 0 Å².